The first kappa shape index (κ1) is 12.8. The minimum absolute atomic E-state index is 0.750. The molecule has 0 aliphatic carbocycles. The topological polar surface area (TPSA) is 12.0 Å². The lowest BCUT2D eigenvalue weighted by Crippen LogP contribution is -2.28. The van der Waals surface area contributed by atoms with Crippen molar-refractivity contribution in [2.45, 2.75) is 18.8 Å². The minimum Gasteiger partial charge on any atom is -0.316 e. The Morgan fingerprint density at radius 2 is 1.33 bits per heavy atom. The third-order valence-corrected chi connectivity index (χ3v) is 3.23. The van der Waals surface area contributed by atoms with E-state index in [1.807, 2.05) is 36.4 Å². The molecule has 1 aliphatic rings. The van der Waals surface area contributed by atoms with Gasteiger partial charge in [-0.3, -0.25) is 0 Å². The lowest BCUT2D eigenvalue weighted by molar-refractivity contribution is 0.461. The molecule has 1 N–H and O–H groups in total. The van der Waals surface area contributed by atoms with E-state index in [2.05, 4.69) is 35.6 Å². The van der Waals surface area contributed by atoms with Gasteiger partial charge in [-0.2, -0.15) is 0 Å². The Hall–Kier alpha value is -1.60. The van der Waals surface area contributed by atoms with Crippen LogP contribution >= 0.6 is 0 Å². The first-order chi connectivity index (χ1) is 8.97. The van der Waals surface area contributed by atoms with Gasteiger partial charge in [-0.1, -0.05) is 66.7 Å². The van der Waals surface area contributed by atoms with E-state index in [4.69, 9.17) is 0 Å². The summed E-state index contributed by atoms with van der Waals surface area (Å²) >= 11 is 0. The van der Waals surface area contributed by atoms with Gasteiger partial charge in [0.2, 0.25) is 0 Å². The molecule has 3 rings (SSSR count). The number of hydrogen-bond acceptors (Lipinski definition) is 1. The molecule has 2 aromatic rings. The Balaban J connectivity index is 0.000000169. The molecule has 0 spiro atoms. The fourth-order valence-corrected chi connectivity index (χ4v) is 2.25. The average molecular weight is 239 g/mol. The Morgan fingerprint density at radius 1 is 0.778 bits per heavy atom. The Labute approximate surface area is 110 Å². The minimum atomic E-state index is 0.750. The van der Waals surface area contributed by atoms with Gasteiger partial charge in [0.15, 0.2) is 0 Å². The third-order valence-electron chi connectivity index (χ3n) is 3.23. The number of benzene rings is 2. The van der Waals surface area contributed by atoms with Crippen molar-refractivity contribution in [1.82, 2.24) is 5.32 Å². The van der Waals surface area contributed by atoms with Crippen LogP contribution in [0.5, 0.6) is 0 Å². The van der Waals surface area contributed by atoms with E-state index >= 15 is 0 Å². The predicted octanol–water partition coefficient (Wildman–Crippen LogP) is 3.84. The largest absolute Gasteiger partial charge is 0.316 e. The van der Waals surface area contributed by atoms with Crippen molar-refractivity contribution in [3.63, 3.8) is 0 Å². The summed E-state index contributed by atoms with van der Waals surface area (Å²) in [7, 11) is 0. The quantitative estimate of drug-likeness (QED) is 0.797. The summed E-state index contributed by atoms with van der Waals surface area (Å²) in [5, 5.41) is 3.43. The Morgan fingerprint density at radius 3 is 1.83 bits per heavy atom. The highest BCUT2D eigenvalue weighted by Gasteiger charge is 2.13. The van der Waals surface area contributed by atoms with E-state index in [9.17, 15) is 0 Å². The van der Waals surface area contributed by atoms with Gasteiger partial charge in [-0.25, -0.2) is 0 Å². The molecule has 1 saturated heterocycles. The van der Waals surface area contributed by atoms with E-state index in [1.54, 1.807) is 0 Å². The molecule has 1 aliphatic heterocycles. The molecule has 18 heavy (non-hydrogen) atoms. The van der Waals surface area contributed by atoms with Gasteiger partial charge in [-0.05, 0) is 30.9 Å². The number of piperidine rings is 1. The standard InChI is InChI=1S/C11H15N.C6H6/c1-2-5-10(6-3-1)11-7-4-8-12-9-11;1-2-4-6-5-3-1/h1-3,5-6,11-12H,4,7-9H2;1-6H. The fourth-order valence-electron chi connectivity index (χ4n) is 2.25. The zero-order valence-electron chi connectivity index (χ0n) is 10.8. The van der Waals surface area contributed by atoms with Crippen molar-refractivity contribution in [2.75, 3.05) is 13.1 Å². The summed E-state index contributed by atoms with van der Waals surface area (Å²) in [6, 6.07) is 22.8. The number of hydrogen-bond donors (Lipinski definition) is 1. The summed E-state index contributed by atoms with van der Waals surface area (Å²) < 4.78 is 0. The van der Waals surface area contributed by atoms with Crippen LogP contribution in [-0.4, -0.2) is 13.1 Å². The van der Waals surface area contributed by atoms with Crippen LogP contribution in [0.1, 0.15) is 24.3 Å². The molecule has 1 heteroatoms. The highest BCUT2D eigenvalue weighted by atomic mass is 14.9. The zero-order valence-corrected chi connectivity index (χ0v) is 10.8. The van der Waals surface area contributed by atoms with Crippen LogP contribution in [0.3, 0.4) is 0 Å². The summed E-state index contributed by atoms with van der Waals surface area (Å²) in [6.07, 6.45) is 2.66. The molecule has 2 aromatic carbocycles. The zero-order chi connectivity index (χ0) is 12.5. The van der Waals surface area contributed by atoms with E-state index in [1.165, 1.54) is 24.9 Å². The highest BCUT2D eigenvalue weighted by molar-refractivity contribution is 5.20. The van der Waals surface area contributed by atoms with E-state index in [0.717, 1.165) is 12.5 Å². The molecule has 1 heterocycles. The molecule has 0 amide bonds. The van der Waals surface area contributed by atoms with Gasteiger partial charge < -0.3 is 5.32 Å². The second kappa shape index (κ2) is 7.67. The molecule has 94 valence electrons. The molecule has 0 aromatic heterocycles. The van der Waals surface area contributed by atoms with Gasteiger partial charge in [0, 0.05) is 6.54 Å². The summed E-state index contributed by atoms with van der Waals surface area (Å²) in [6.45, 7) is 2.35. The normalized spacial score (nSPS) is 18.6. The molecule has 0 bridgehead atoms. The lowest BCUT2D eigenvalue weighted by atomic mass is 9.92. The van der Waals surface area contributed by atoms with Crippen molar-refractivity contribution in [1.29, 1.82) is 0 Å². The third kappa shape index (κ3) is 4.34. The molecule has 1 nitrogen and oxygen atoms in total. The molecule has 1 unspecified atom stereocenters. The molecule has 1 fully saturated rings. The SMILES string of the molecule is c1ccc(C2CCCNC2)cc1.c1ccccc1. The highest BCUT2D eigenvalue weighted by Crippen LogP contribution is 2.22. The second-order valence-electron chi connectivity index (χ2n) is 4.61. The maximum atomic E-state index is 3.43. The van der Waals surface area contributed by atoms with Crippen molar-refractivity contribution in [3.8, 4) is 0 Å². The maximum Gasteiger partial charge on any atom is 0.00201 e. The summed E-state index contributed by atoms with van der Waals surface area (Å²) in [5.41, 5.74) is 1.49. The van der Waals surface area contributed by atoms with Crippen LogP contribution < -0.4 is 5.32 Å². The molecule has 0 radical (unpaired) electrons. The lowest BCUT2D eigenvalue weighted by Gasteiger charge is -2.22. The Bertz CT molecular complexity index is 377. The first-order valence-corrected chi connectivity index (χ1v) is 6.72. The Kier molecular flexibility index (Phi) is 5.48. The van der Waals surface area contributed by atoms with Gasteiger partial charge in [0.25, 0.3) is 0 Å². The second-order valence-corrected chi connectivity index (χ2v) is 4.61. The summed E-state index contributed by atoms with van der Waals surface area (Å²) in [4.78, 5) is 0. The van der Waals surface area contributed by atoms with Crippen LogP contribution in [0.25, 0.3) is 0 Å². The number of rotatable bonds is 1. The summed E-state index contributed by atoms with van der Waals surface area (Å²) in [5.74, 6) is 0.750. The molecule has 1 atom stereocenters. The van der Waals surface area contributed by atoms with Crippen LogP contribution in [0, 0.1) is 0 Å². The first-order valence-electron chi connectivity index (χ1n) is 6.72. The van der Waals surface area contributed by atoms with E-state index in [-0.39, 0.29) is 0 Å². The van der Waals surface area contributed by atoms with Crippen LogP contribution in [0.15, 0.2) is 66.7 Å². The molecular formula is C17H21N. The van der Waals surface area contributed by atoms with Crippen LogP contribution in [-0.2, 0) is 0 Å². The van der Waals surface area contributed by atoms with Gasteiger partial charge >= 0.3 is 0 Å². The maximum absolute atomic E-state index is 3.43. The fraction of sp³-hybridized carbons (Fsp3) is 0.294. The van der Waals surface area contributed by atoms with Crippen LogP contribution in [0.2, 0.25) is 0 Å². The number of nitrogens with one attached hydrogen (secondary N) is 1. The average Bonchev–Trinajstić information content (AvgIpc) is 2.51. The van der Waals surface area contributed by atoms with Gasteiger partial charge in [-0.15, -0.1) is 0 Å². The molecular weight excluding hydrogens is 218 g/mol. The van der Waals surface area contributed by atoms with Crippen molar-refractivity contribution in [2.24, 2.45) is 0 Å². The monoisotopic (exact) mass is 239 g/mol. The molecule has 0 saturated carbocycles. The predicted molar refractivity (Wildman–Crippen MR) is 77.7 cm³/mol. The van der Waals surface area contributed by atoms with E-state index < -0.39 is 0 Å². The van der Waals surface area contributed by atoms with Gasteiger partial charge in [0.05, 0.1) is 0 Å². The van der Waals surface area contributed by atoms with Gasteiger partial charge in [0.1, 0.15) is 0 Å². The van der Waals surface area contributed by atoms with Crippen molar-refractivity contribution in [3.05, 3.63) is 72.3 Å². The van der Waals surface area contributed by atoms with Crippen molar-refractivity contribution < 1.29 is 0 Å². The van der Waals surface area contributed by atoms with Crippen molar-refractivity contribution >= 4 is 0 Å². The smallest absolute Gasteiger partial charge is 0.00201 e. The van der Waals surface area contributed by atoms with E-state index in [0.29, 0.717) is 0 Å². The van der Waals surface area contributed by atoms with Crippen LogP contribution in [0.4, 0.5) is 0 Å².